The molecule has 2 aliphatic rings. The van der Waals surface area contributed by atoms with E-state index in [1.807, 2.05) is 17.0 Å². The van der Waals surface area contributed by atoms with E-state index in [1.54, 1.807) is 12.1 Å². The predicted octanol–water partition coefficient (Wildman–Crippen LogP) is 2.27. The van der Waals surface area contributed by atoms with Gasteiger partial charge in [0, 0.05) is 48.7 Å². The summed E-state index contributed by atoms with van der Waals surface area (Å²) in [6, 6.07) is 7.75. The van der Waals surface area contributed by atoms with E-state index in [-0.39, 0.29) is 11.8 Å². The zero-order chi connectivity index (χ0) is 16.9. The van der Waals surface area contributed by atoms with Gasteiger partial charge in [0.15, 0.2) is 0 Å². The van der Waals surface area contributed by atoms with Crippen molar-refractivity contribution in [1.82, 2.24) is 15.1 Å². The van der Waals surface area contributed by atoms with E-state index < -0.39 is 0 Å². The van der Waals surface area contributed by atoms with E-state index in [0.717, 1.165) is 30.5 Å². The van der Waals surface area contributed by atoms with Gasteiger partial charge in [-0.3, -0.25) is 14.5 Å². The van der Waals surface area contributed by atoms with Gasteiger partial charge in [0.2, 0.25) is 5.91 Å². The molecule has 1 aromatic carbocycles. The predicted molar refractivity (Wildman–Crippen MR) is 96.9 cm³/mol. The Bertz CT molecular complexity index is 590. The van der Waals surface area contributed by atoms with Gasteiger partial charge < -0.3 is 10.2 Å². The van der Waals surface area contributed by atoms with Crippen LogP contribution in [0.3, 0.4) is 0 Å². The smallest absolute Gasteiger partial charge is 0.251 e. The number of nitrogens with zero attached hydrogens (tertiary/aromatic N) is 2. The largest absolute Gasteiger partial charge is 0.352 e. The van der Waals surface area contributed by atoms with Gasteiger partial charge in [-0.05, 0) is 50.1 Å². The molecule has 2 heterocycles. The van der Waals surface area contributed by atoms with E-state index >= 15 is 0 Å². The molecule has 6 heteroatoms. The summed E-state index contributed by atoms with van der Waals surface area (Å²) in [5.41, 5.74) is 0.613. The SMILES string of the molecule is O=C(NCCC(=O)N1CCCN2CCC[C@H]2C1)c1ccc(Br)cc1. The lowest BCUT2D eigenvalue weighted by Crippen LogP contribution is -2.40. The van der Waals surface area contributed by atoms with Crippen LogP contribution in [0.25, 0.3) is 0 Å². The van der Waals surface area contributed by atoms with Crippen molar-refractivity contribution in [3.63, 3.8) is 0 Å². The Morgan fingerprint density at radius 2 is 1.88 bits per heavy atom. The molecule has 2 aliphatic heterocycles. The molecule has 2 fully saturated rings. The summed E-state index contributed by atoms with van der Waals surface area (Å²) in [5.74, 6) is 0.0213. The van der Waals surface area contributed by atoms with Gasteiger partial charge in [-0.25, -0.2) is 0 Å². The highest BCUT2D eigenvalue weighted by Crippen LogP contribution is 2.21. The quantitative estimate of drug-likeness (QED) is 0.853. The lowest BCUT2D eigenvalue weighted by Gasteiger charge is -2.25. The average Bonchev–Trinajstić information content (AvgIpc) is 2.92. The van der Waals surface area contributed by atoms with Crippen LogP contribution < -0.4 is 5.32 Å². The van der Waals surface area contributed by atoms with Crippen LogP contribution in [0.15, 0.2) is 28.7 Å². The summed E-state index contributed by atoms with van der Waals surface area (Å²) >= 11 is 3.35. The molecule has 3 rings (SSSR count). The summed E-state index contributed by atoms with van der Waals surface area (Å²) in [5, 5.41) is 2.84. The van der Waals surface area contributed by atoms with Crippen LogP contribution in [0.5, 0.6) is 0 Å². The maximum Gasteiger partial charge on any atom is 0.251 e. The maximum absolute atomic E-state index is 12.5. The second-order valence-corrected chi connectivity index (χ2v) is 7.45. The third kappa shape index (κ3) is 4.36. The first-order chi connectivity index (χ1) is 11.6. The lowest BCUT2D eigenvalue weighted by atomic mass is 10.2. The third-order valence-electron chi connectivity index (χ3n) is 4.89. The van der Waals surface area contributed by atoms with Gasteiger partial charge >= 0.3 is 0 Å². The molecule has 130 valence electrons. The van der Waals surface area contributed by atoms with Crippen LogP contribution in [0.1, 0.15) is 36.0 Å². The van der Waals surface area contributed by atoms with Crippen molar-refractivity contribution < 1.29 is 9.59 Å². The number of amides is 2. The number of benzene rings is 1. The first-order valence-corrected chi connectivity index (χ1v) is 9.48. The maximum atomic E-state index is 12.5. The normalized spacial score (nSPS) is 21.2. The molecule has 24 heavy (non-hydrogen) atoms. The fourth-order valence-corrected chi connectivity index (χ4v) is 3.84. The van der Waals surface area contributed by atoms with Gasteiger partial charge in [-0.2, -0.15) is 0 Å². The Hall–Kier alpha value is -1.40. The number of halogens is 1. The Balaban J connectivity index is 1.45. The Kier molecular flexibility index (Phi) is 5.89. The molecule has 0 radical (unpaired) electrons. The molecule has 0 aliphatic carbocycles. The second-order valence-electron chi connectivity index (χ2n) is 6.54. The molecule has 5 nitrogen and oxygen atoms in total. The van der Waals surface area contributed by atoms with E-state index in [2.05, 4.69) is 26.1 Å². The average molecular weight is 394 g/mol. The molecule has 0 bridgehead atoms. The Labute approximate surface area is 151 Å². The molecule has 1 N–H and O–H groups in total. The number of rotatable bonds is 4. The number of hydrogen-bond acceptors (Lipinski definition) is 3. The zero-order valence-electron chi connectivity index (χ0n) is 13.8. The number of nitrogens with one attached hydrogen (secondary N) is 1. The monoisotopic (exact) mass is 393 g/mol. The topological polar surface area (TPSA) is 52.7 Å². The summed E-state index contributed by atoms with van der Waals surface area (Å²) in [6.45, 7) is 4.36. The van der Waals surface area contributed by atoms with Gasteiger partial charge in [-0.1, -0.05) is 15.9 Å². The van der Waals surface area contributed by atoms with Crippen LogP contribution >= 0.6 is 15.9 Å². The summed E-state index contributed by atoms with van der Waals surface area (Å²) < 4.78 is 0.941. The van der Waals surface area contributed by atoms with E-state index in [4.69, 9.17) is 0 Å². The molecular weight excluding hydrogens is 370 g/mol. The van der Waals surface area contributed by atoms with E-state index in [0.29, 0.717) is 24.6 Å². The molecule has 0 saturated carbocycles. The molecule has 1 atom stereocenters. The van der Waals surface area contributed by atoms with E-state index in [9.17, 15) is 9.59 Å². The van der Waals surface area contributed by atoms with Crippen molar-refractivity contribution in [2.24, 2.45) is 0 Å². The fourth-order valence-electron chi connectivity index (χ4n) is 3.58. The third-order valence-corrected chi connectivity index (χ3v) is 5.42. The molecule has 0 aromatic heterocycles. The minimum absolute atomic E-state index is 0.131. The summed E-state index contributed by atoms with van der Waals surface area (Å²) in [6.07, 6.45) is 3.86. The summed E-state index contributed by atoms with van der Waals surface area (Å²) in [7, 11) is 0. The Morgan fingerprint density at radius 1 is 1.12 bits per heavy atom. The molecule has 2 amide bonds. The lowest BCUT2D eigenvalue weighted by molar-refractivity contribution is -0.131. The van der Waals surface area contributed by atoms with Crippen LogP contribution in [-0.2, 0) is 4.79 Å². The van der Waals surface area contributed by atoms with Crippen molar-refractivity contribution in [3.8, 4) is 0 Å². The van der Waals surface area contributed by atoms with E-state index in [1.165, 1.54) is 19.4 Å². The van der Waals surface area contributed by atoms with Gasteiger partial charge in [0.1, 0.15) is 0 Å². The van der Waals surface area contributed by atoms with Crippen molar-refractivity contribution in [2.75, 3.05) is 32.7 Å². The van der Waals surface area contributed by atoms with Gasteiger partial charge in [0.05, 0.1) is 0 Å². The fraction of sp³-hybridized carbons (Fsp3) is 0.556. The van der Waals surface area contributed by atoms with Crippen LogP contribution in [0, 0.1) is 0 Å². The van der Waals surface area contributed by atoms with Gasteiger partial charge in [0.25, 0.3) is 5.91 Å². The number of hydrogen-bond donors (Lipinski definition) is 1. The minimum atomic E-state index is -0.131. The number of carbonyl (C=O) groups is 2. The highest BCUT2D eigenvalue weighted by atomic mass is 79.9. The van der Waals surface area contributed by atoms with Crippen LogP contribution in [-0.4, -0.2) is 60.4 Å². The number of fused-ring (bicyclic) bond motifs is 1. The van der Waals surface area contributed by atoms with Crippen LogP contribution in [0.2, 0.25) is 0 Å². The van der Waals surface area contributed by atoms with Crippen molar-refractivity contribution in [3.05, 3.63) is 34.3 Å². The number of carbonyl (C=O) groups excluding carboxylic acids is 2. The molecule has 0 unspecified atom stereocenters. The summed E-state index contributed by atoms with van der Waals surface area (Å²) in [4.78, 5) is 29.0. The van der Waals surface area contributed by atoms with Crippen molar-refractivity contribution in [1.29, 1.82) is 0 Å². The molecular formula is C18H24BrN3O2. The first kappa shape index (κ1) is 17.4. The van der Waals surface area contributed by atoms with Crippen molar-refractivity contribution in [2.45, 2.75) is 31.7 Å². The highest BCUT2D eigenvalue weighted by molar-refractivity contribution is 9.10. The van der Waals surface area contributed by atoms with Crippen molar-refractivity contribution >= 4 is 27.7 Å². The molecule has 2 saturated heterocycles. The minimum Gasteiger partial charge on any atom is -0.352 e. The highest BCUT2D eigenvalue weighted by Gasteiger charge is 2.30. The first-order valence-electron chi connectivity index (χ1n) is 8.69. The molecule has 0 spiro atoms. The Morgan fingerprint density at radius 3 is 2.67 bits per heavy atom. The second kappa shape index (κ2) is 8.12. The van der Waals surface area contributed by atoms with Crippen LogP contribution in [0.4, 0.5) is 0 Å². The van der Waals surface area contributed by atoms with Gasteiger partial charge in [-0.15, -0.1) is 0 Å². The standard InChI is InChI=1S/C18H24BrN3O2/c19-15-6-4-14(5-7-15)18(24)20-9-8-17(23)22-12-2-11-21-10-1-3-16(21)13-22/h4-7,16H,1-3,8-13H2,(H,20,24)/t16-/m0/s1. The zero-order valence-corrected chi connectivity index (χ0v) is 15.4. The molecule has 1 aromatic rings.